The number of carboxylic acid groups (broad SMARTS) is 1. The van der Waals surface area contributed by atoms with Gasteiger partial charge in [-0.05, 0) is 24.5 Å². The highest BCUT2D eigenvalue weighted by atomic mass is 32.2. The van der Waals surface area contributed by atoms with E-state index in [4.69, 9.17) is 5.11 Å². The van der Waals surface area contributed by atoms with Gasteiger partial charge in [-0.3, -0.25) is 0 Å². The highest BCUT2D eigenvalue weighted by Crippen LogP contribution is 2.44. The first-order chi connectivity index (χ1) is 5.93. The average Bonchev–Trinajstić information content (AvgIpc) is 2.30. The summed E-state index contributed by atoms with van der Waals surface area (Å²) >= 11 is 1.86. The fraction of sp³-hybridized carbons (Fsp3) is 0.889. The highest BCUT2D eigenvalue weighted by molar-refractivity contribution is 8.00. The van der Waals surface area contributed by atoms with E-state index in [9.17, 15) is 9.90 Å². The number of aliphatic hydroxyl groups excluding tert-OH is 1. The Hall–Kier alpha value is -0.220. The quantitative estimate of drug-likeness (QED) is 0.728. The topological polar surface area (TPSA) is 57.5 Å². The third-order valence-electron chi connectivity index (χ3n) is 2.72. The zero-order chi connectivity index (χ0) is 10.1. The lowest BCUT2D eigenvalue weighted by Crippen LogP contribution is -2.30. The Morgan fingerprint density at radius 1 is 1.69 bits per heavy atom. The molecule has 0 amide bonds. The van der Waals surface area contributed by atoms with Crippen molar-refractivity contribution in [3.63, 3.8) is 0 Å². The largest absolute Gasteiger partial charge is 0.479 e. The average molecular weight is 204 g/mol. The lowest BCUT2D eigenvalue weighted by molar-refractivity contribution is -0.147. The summed E-state index contributed by atoms with van der Waals surface area (Å²) in [4.78, 5) is 10.4. The summed E-state index contributed by atoms with van der Waals surface area (Å²) in [5.41, 5.74) is 0. The smallest absolute Gasteiger partial charge is 0.332 e. The maximum Gasteiger partial charge on any atom is 0.332 e. The second kappa shape index (κ2) is 3.88. The van der Waals surface area contributed by atoms with Crippen molar-refractivity contribution in [1.29, 1.82) is 0 Å². The zero-order valence-electron chi connectivity index (χ0n) is 7.99. The lowest BCUT2D eigenvalue weighted by Gasteiger charge is -2.26. The monoisotopic (exact) mass is 204 g/mol. The molecule has 0 aromatic carbocycles. The lowest BCUT2D eigenvalue weighted by atomic mass is 9.87. The molecule has 4 heteroatoms. The van der Waals surface area contributed by atoms with E-state index < -0.39 is 12.1 Å². The highest BCUT2D eigenvalue weighted by Gasteiger charge is 2.37. The summed E-state index contributed by atoms with van der Waals surface area (Å²) in [6.07, 6.45) is 0.208. The summed E-state index contributed by atoms with van der Waals surface area (Å²) in [5, 5.41) is 17.8. The third kappa shape index (κ3) is 2.61. The molecule has 1 aliphatic rings. The van der Waals surface area contributed by atoms with Crippen LogP contribution in [0.5, 0.6) is 0 Å². The van der Waals surface area contributed by atoms with E-state index in [2.05, 4.69) is 13.8 Å². The predicted molar refractivity (Wildman–Crippen MR) is 52.9 cm³/mol. The molecule has 13 heavy (non-hydrogen) atoms. The number of carboxylic acids is 1. The van der Waals surface area contributed by atoms with Crippen LogP contribution in [0.2, 0.25) is 0 Å². The molecule has 2 unspecified atom stereocenters. The molecule has 1 rings (SSSR count). The van der Waals surface area contributed by atoms with Crippen molar-refractivity contribution in [3.8, 4) is 0 Å². The maximum atomic E-state index is 10.4. The number of thioether (sulfide) groups is 1. The van der Waals surface area contributed by atoms with Crippen LogP contribution >= 0.6 is 11.8 Å². The van der Waals surface area contributed by atoms with Crippen molar-refractivity contribution in [2.45, 2.75) is 37.5 Å². The molecule has 0 saturated carbocycles. The van der Waals surface area contributed by atoms with Crippen LogP contribution < -0.4 is 0 Å². The summed E-state index contributed by atoms with van der Waals surface area (Å²) in [6, 6.07) is 0. The molecule has 3 nitrogen and oxygen atoms in total. The third-order valence-corrected chi connectivity index (χ3v) is 4.23. The van der Waals surface area contributed by atoms with Gasteiger partial charge in [0.2, 0.25) is 0 Å². The molecule has 0 spiro atoms. The molecule has 0 aliphatic carbocycles. The predicted octanol–water partition coefficient (Wildman–Crippen LogP) is 1.35. The zero-order valence-corrected chi connectivity index (χ0v) is 8.80. The van der Waals surface area contributed by atoms with Crippen molar-refractivity contribution < 1.29 is 15.0 Å². The van der Waals surface area contributed by atoms with Gasteiger partial charge in [-0.25, -0.2) is 4.79 Å². The van der Waals surface area contributed by atoms with Crippen LogP contribution in [0.15, 0.2) is 0 Å². The van der Waals surface area contributed by atoms with E-state index in [-0.39, 0.29) is 4.75 Å². The van der Waals surface area contributed by atoms with Gasteiger partial charge in [-0.1, -0.05) is 13.8 Å². The van der Waals surface area contributed by atoms with Gasteiger partial charge in [-0.2, -0.15) is 11.8 Å². The first kappa shape index (κ1) is 10.9. The van der Waals surface area contributed by atoms with Crippen molar-refractivity contribution in [3.05, 3.63) is 0 Å². The van der Waals surface area contributed by atoms with Crippen LogP contribution in [-0.2, 0) is 4.79 Å². The Balaban J connectivity index is 2.49. The van der Waals surface area contributed by atoms with E-state index in [0.717, 1.165) is 12.2 Å². The fourth-order valence-corrected chi connectivity index (χ4v) is 3.08. The number of aliphatic carboxylic acids is 1. The normalized spacial score (nSPS) is 28.7. The molecule has 1 fully saturated rings. The number of carbonyl (C=O) groups is 1. The molecule has 2 atom stereocenters. The summed E-state index contributed by atoms with van der Waals surface area (Å²) in [7, 11) is 0. The number of aliphatic hydroxyl groups is 1. The Morgan fingerprint density at radius 3 is 2.69 bits per heavy atom. The van der Waals surface area contributed by atoms with E-state index in [1.807, 2.05) is 11.8 Å². The maximum absolute atomic E-state index is 10.4. The number of hydrogen-bond acceptors (Lipinski definition) is 3. The van der Waals surface area contributed by atoms with Crippen LogP contribution in [0.25, 0.3) is 0 Å². The molecule has 0 aromatic heterocycles. The summed E-state index contributed by atoms with van der Waals surface area (Å²) in [6.45, 7) is 4.23. The van der Waals surface area contributed by atoms with Crippen LogP contribution in [0.1, 0.15) is 26.7 Å². The minimum Gasteiger partial charge on any atom is -0.479 e. The van der Waals surface area contributed by atoms with Gasteiger partial charge in [0, 0.05) is 4.75 Å². The van der Waals surface area contributed by atoms with Gasteiger partial charge in [0.25, 0.3) is 0 Å². The van der Waals surface area contributed by atoms with Gasteiger partial charge >= 0.3 is 5.97 Å². The standard InChI is InChI=1S/C9H16O3S/c1-9(2)6(3-4-13-9)5-7(10)8(11)12/h6-7,10H,3-5H2,1-2H3,(H,11,12). The van der Waals surface area contributed by atoms with Gasteiger partial charge in [-0.15, -0.1) is 0 Å². The number of hydrogen-bond donors (Lipinski definition) is 2. The minimum absolute atomic E-state index is 0.121. The molecule has 1 aliphatic heterocycles. The second-order valence-electron chi connectivity index (χ2n) is 4.03. The SMILES string of the molecule is CC1(C)SCCC1CC(O)C(=O)O. The summed E-state index contributed by atoms with van der Waals surface area (Å²) in [5.74, 6) is 0.292. The van der Waals surface area contributed by atoms with Crippen LogP contribution in [0.4, 0.5) is 0 Å². The Morgan fingerprint density at radius 2 is 2.31 bits per heavy atom. The molecular formula is C9H16O3S. The van der Waals surface area contributed by atoms with Crippen molar-refractivity contribution in [2.24, 2.45) is 5.92 Å². The van der Waals surface area contributed by atoms with Crippen molar-refractivity contribution in [2.75, 3.05) is 5.75 Å². The van der Waals surface area contributed by atoms with Gasteiger partial charge < -0.3 is 10.2 Å². The fourth-order valence-electron chi connectivity index (χ4n) is 1.70. The Labute approximate surface area is 82.5 Å². The second-order valence-corrected chi connectivity index (χ2v) is 5.78. The molecule has 0 aromatic rings. The van der Waals surface area contributed by atoms with Crippen LogP contribution in [0.3, 0.4) is 0 Å². The molecule has 1 saturated heterocycles. The molecular weight excluding hydrogens is 188 g/mol. The first-order valence-corrected chi connectivity index (χ1v) is 5.47. The first-order valence-electron chi connectivity index (χ1n) is 4.48. The summed E-state index contributed by atoms with van der Waals surface area (Å²) < 4.78 is 0.121. The van der Waals surface area contributed by atoms with Crippen molar-refractivity contribution in [1.82, 2.24) is 0 Å². The molecule has 76 valence electrons. The molecule has 0 bridgehead atoms. The molecule has 0 radical (unpaired) electrons. The molecule has 1 heterocycles. The Bertz CT molecular complexity index is 203. The number of rotatable bonds is 3. The van der Waals surface area contributed by atoms with Crippen molar-refractivity contribution >= 4 is 17.7 Å². The van der Waals surface area contributed by atoms with Gasteiger partial charge in [0.15, 0.2) is 6.10 Å². The van der Waals surface area contributed by atoms with Crippen LogP contribution in [-0.4, -0.2) is 32.8 Å². The molecule has 2 N–H and O–H groups in total. The van der Waals surface area contributed by atoms with Crippen LogP contribution in [0, 0.1) is 5.92 Å². The minimum atomic E-state index is -1.19. The van der Waals surface area contributed by atoms with E-state index in [0.29, 0.717) is 12.3 Å². The van der Waals surface area contributed by atoms with E-state index in [1.54, 1.807) is 0 Å². The van der Waals surface area contributed by atoms with Gasteiger partial charge in [0.1, 0.15) is 0 Å². The van der Waals surface area contributed by atoms with E-state index >= 15 is 0 Å². The van der Waals surface area contributed by atoms with E-state index in [1.165, 1.54) is 0 Å². The Kier molecular flexibility index (Phi) is 3.24. The van der Waals surface area contributed by atoms with Gasteiger partial charge in [0.05, 0.1) is 0 Å².